The molecule has 2 aromatic heterocycles. The van der Waals surface area contributed by atoms with Crippen LogP contribution in [0.25, 0.3) is 20.4 Å². The number of hydrogen-bond donors (Lipinski definition) is 2. The summed E-state index contributed by atoms with van der Waals surface area (Å²) < 4.78 is 2.12. The molecule has 2 amide bonds. The fraction of sp³-hybridized carbons (Fsp3) is 0.158. The van der Waals surface area contributed by atoms with Gasteiger partial charge in [0, 0.05) is 11.1 Å². The van der Waals surface area contributed by atoms with Gasteiger partial charge in [-0.2, -0.15) is 0 Å². The average Bonchev–Trinajstić information content (AvgIpc) is 3.25. The number of carbonyl (C=O) groups excluding carboxylic acids is 2. The maximum Gasteiger partial charge on any atom is 0.252 e. The van der Waals surface area contributed by atoms with Crippen LogP contribution >= 0.6 is 22.7 Å². The molecule has 136 valence electrons. The number of fused-ring (bicyclic) bond motifs is 2. The minimum Gasteiger partial charge on any atom is -0.366 e. The van der Waals surface area contributed by atoms with Gasteiger partial charge in [0.25, 0.3) is 5.91 Å². The van der Waals surface area contributed by atoms with Crippen LogP contribution in [0.2, 0.25) is 0 Å². The molecule has 0 unspecified atom stereocenters. The van der Waals surface area contributed by atoms with Crippen LogP contribution in [0.4, 0.5) is 0 Å². The van der Waals surface area contributed by atoms with Crippen LogP contribution in [0.5, 0.6) is 0 Å². The summed E-state index contributed by atoms with van der Waals surface area (Å²) in [6.45, 7) is 3.81. The van der Waals surface area contributed by atoms with Crippen LogP contribution < -0.4 is 11.1 Å². The number of thiazole rings is 2. The van der Waals surface area contributed by atoms with E-state index in [1.54, 1.807) is 29.5 Å². The van der Waals surface area contributed by atoms with Crippen molar-refractivity contribution in [2.75, 3.05) is 0 Å². The molecule has 0 aliphatic carbocycles. The van der Waals surface area contributed by atoms with Gasteiger partial charge in [0.2, 0.25) is 5.91 Å². The average molecular weight is 396 g/mol. The summed E-state index contributed by atoms with van der Waals surface area (Å²) in [7, 11) is 0. The van der Waals surface area contributed by atoms with Crippen LogP contribution in [-0.4, -0.2) is 21.8 Å². The fourth-order valence-corrected chi connectivity index (χ4v) is 4.50. The normalized spacial score (nSPS) is 11.8. The molecule has 2 heterocycles. The number of rotatable bonds is 4. The molecule has 27 heavy (non-hydrogen) atoms. The Morgan fingerprint density at radius 3 is 2.59 bits per heavy atom. The molecule has 0 spiro atoms. The lowest BCUT2D eigenvalue weighted by Crippen LogP contribution is -2.41. The largest absolute Gasteiger partial charge is 0.366 e. The summed E-state index contributed by atoms with van der Waals surface area (Å²) >= 11 is 3.11. The molecule has 3 N–H and O–H groups in total. The smallest absolute Gasteiger partial charge is 0.252 e. The maximum absolute atomic E-state index is 12.7. The van der Waals surface area contributed by atoms with E-state index in [4.69, 9.17) is 10.7 Å². The molecule has 6 nitrogen and oxygen atoms in total. The number of benzene rings is 2. The third-order valence-electron chi connectivity index (χ3n) is 4.21. The third-order valence-corrected chi connectivity index (χ3v) is 6.34. The maximum atomic E-state index is 12.7. The Balaban J connectivity index is 1.64. The van der Waals surface area contributed by atoms with Crippen molar-refractivity contribution in [3.05, 3.63) is 58.0 Å². The van der Waals surface area contributed by atoms with Gasteiger partial charge in [-0.25, -0.2) is 9.97 Å². The number of nitrogens with zero attached hydrogens (tertiary/aromatic N) is 2. The van der Waals surface area contributed by atoms with Gasteiger partial charge in [-0.1, -0.05) is 6.07 Å². The highest BCUT2D eigenvalue weighted by molar-refractivity contribution is 7.19. The SMILES string of the molecule is CC(C)(NC(=O)c1cccc(C(N)=O)c1)c1nc2cc3scnc3cc2s1. The highest BCUT2D eigenvalue weighted by atomic mass is 32.1. The Kier molecular flexibility index (Phi) is 4.16. The number of aromatic nitrogens is 2. The number of hydrogen-bond acceptors (Lipinski definition) is 6. The lowest BCUT2D eigenvalue weighted by molar-refractivity contribution is 0.0912. The van der Waals surface area contributed by atoms with Gasteiger partial charge in [-0.3, -0.25) is 9.59 Å². The van der Waals surface area contributed by atoms with Crippen molar-refractivity contribution in [1.82, 2.24) is 15.3 Å². The first-order valence-corrected chi connectivity index (χ1v) is 9.90. The van der Waals surface area contributed by atoms with Gasteiger partial charge in [-0.05, 0) is 44.2 Å². The van der Waals surface area contributed by atoms with Crippen LogP contribution in [0.1, 0.15) is 39.6 Å². The topological polar surface area (TPSA) is 98.0 Å². The van der Waals surface area contributed by atoms with Crippen molar-refractivity contribution in [1.29, 1.82) is 0 Å². The summed E-state index contributed by atoms with van der Waals surface area (Å²) in [5, 5.41) is 3.80. The minimum absolute atomic E-state index is 0.287. The highest BCUT2D eigenvalue weighted by Gasteiger charge is 2.27. The third kappa shape index (κ3) is 3.29. The number of nitrogens with two attached hydrogens (primary N) is 1. The summed E-state index contributed by atoms with van der Waals surface area (Å²) in [5.41, 5.74) is 8.96. The Labute approximate surface area is 163 Å². The molecule has 2 aromatic carbocycles. The molecule has 0 radical (unpaired) electrons. The van der Waals surface area contributed by atoms with E-state index in [0.29, 0.717) is 11.1 Å². The number of carbonyl (C=O) groups is 2. The van der Waals surface area contributed by atoms with E-state index in [9.17, 15) is 9.59 Å². The predicted octanol–water partition coefficient (Wildman–Crippen LogP) is 3.67. The van der Waals surface area contributed by atoms with Crippen LogP contribution in [-0.2, 0) is 5.54 Å². The lowest BCUT2D eigenvalue weighted by atomic mass is 10.0. The molecule has 0 atom stereocenters. The summed E-state index contributed by atoms with van der Waals surface area (Å²) in [6, 6.07) is 10.4. The van der Waals surface area contributed by atoms with E-state index in [1.807, 2.05) is 31.5 Å². The van der Waals surface area contributed by atoms with Gasteiger partial charge in [0.1, 0.15) is 5.01 Å². The molecule has 0 bridgehead atoms. The number of primary amides is 1. The molecular weight excluding hydrogens is 380 g/mol. The van der Waals surface area contributed by atoms with Crippen molar-refractivity contribution < 1.29 is 9.59 Å². The van der Waals surface area contributed by atoms with Gasteiger partial charge < -0.3 is 11.1 Å². The number of amides is 2. The van der Waals surface area contributed by atoms with Gasteiger partial charge in [0.05, 0.1) is 31.5 Å². The van der Waals surface area contributed by atoms with E-state index in [-0.39, 0.29) is 5.91 Å². The Morgan fingerprint density at radius 2 is 1.81 bits per heavy atom. The van der Waals surface area contributed by atoms with Crippen molar-refractivity contribution >= 4 is 54.9 Å². The van der Waals surface area contributed by atoms with E-state index >= 15 is 0 Å². The van der Waals surface area contributed by atoms with Crippen molar-refractivity contribution in [2.24, 2.45) is 5.73 Å². The van der Waals surface area contributed by atoms with Crippen molar-refractivity contribution in [3.63, 3.8) is 0 Å². The molecule has 0 fully saturated rings. The molecular formula is C19H16N4O2S2. The Bertz CT molecular complexity index is 1140. The van der Waals surface area contributed by atoms with E-state index in [2.05, 4.69) is 10.3 Å². The minimum atomic E-state index is -0.676. The second kappa shape index (κ2) is 6.40. The Hall–Kier alpha value is -2.84. The van der Waals surface area contributed by atoms with Crippen molar-refractivity contribution in [2.45, 2.75) is 19.4 Å². The summed E-state index contributed by atoms with van der Waals surface area (Å²) in [4.78, 5) is 33.1. The van der Waals surface area contributed by atoms with Gasteiger partial charge in [0.15, 0.2) is 0 Å². The summed E-state index contributed by atoms with van der Waals surface area (Å²) in [6.07, 6.45) is 0. The first-order chi connectivity index (χ1) is 12.8. The first kappa shape index (κ1) is 17.6. The second-order valence-electron chi connectivity index (χ2n) is 6.68. The van der Waals surface area contributed by atoms with Gasteiger partial charge in [-0.15, -0.1) is 22.7 Å². The zero-order valence-electron chi connectivity index (χ0n) is 14.6. The molecule has 0 saturated carbocycles. The van der Waals surface area contributed by atoms with Crippen LogP contribution in [0.15, 0.2) is 41.9 Å². The Morgan fingerprint density at radius 1 is 1.07 bits per heavy atom. The van der Waals surface area contributed by atoms with E-state index in [1.165, 1.54) is 17.4 Å². The zero-order valence-corrected chi connectivity index (χ0v) is 16.3. The molecule has 4 rings (SSSR count). The van der Waals surface area contributed by atoms with Crippen LogP contribution in [0, 0.1) is 0 Å². The zero-order chi connectivity index (χ0) is 19.2. The fourth-order valence-electron chi connectivity index (χ4n) is 2.77. The standard InChI is InChI=1S/C19H16N4O2S2/c1-19(2,23-17(25)11-5-3-4-10(6-11)16(20)24)18-22-13-8-14-12(21-9-26-14)7-15(13)27-18/h3-9H,1-2H3,(H2,20,24)(H,23,25). The molecule has 0 aliphatic heterocycles. The van der Waals surface area contributed by atoms with Crippen LogP contribution in [0.3, 0.4) is 0 Å². The molecule has 0 aliphatic rings. The first-order valence-electron chi connectivity index (χ1n) is 8.20. The van der Waals surface area contributed by atoms with E-state index < -0.39 is 11.4 Å². The predicted molar refractivity (Wildman–Crippen MR) is 108 cm³/mol. The monoisotopic (exact) mass is 396 g/mol. The highest BCUT2D eigenvalue weighted by Crippen LogP contribution is 2.33. The summed E-state index contributed by atoms with van der Waals surface area (Å²) in [5.74, 6) is -0.853. The lowest BCUT2D eigenvalue weighted by Gasteiger charge is -2.23. The molecule has 4 aromatic rings. The number of nitrogens with one attached hydrogen (secondary N) is 1. The quantitative estimate of drug-likeness (QED) is 0.550. The molecule has 0 saturated heterocycles. The van der Waals surface area contributed by atoms with Gasteiger partial charge >= 0.3 is 0 Å². The second-order valence-corrected chi connectivity index (χ2v) is 8.60. The molecule has 8 heteroatoms. The van der Waals surface area contributed by atoms with E-state index in [0.717, 1.165) is 25.4 Å². The van der Waals surface area contributed by atoms with Crippen molar-refractivity contribution in [3.8, 4) is 0 Å².